The van der Waals surface area contributed by atoms with Crippen molar-refractivity contribution in [3.05, 3.63) is 11.0 Å². The number of ether oxygens (including phenoxy) is 2. The summed E-state index contributed by atoms with van der Waals surface area (Å²) in [5.74, 6) is -0.564. The maximum atomic E-state index is 11.2. The normalized spacial score (nSPS) is 25.3. The quantitative estimate of drug-likeness (QED) is 0.764. The minimum Gasteiger partial charge on any atom is -0.485 e. The third-order valence-electron chi connectivity index (χ3n) is 3.23. The van der Waals surface area contributed by atoms with Crippen molar-refractivity contribution in [2.24, 2.45) is 0 Å². The fourth-order valence-corrected chi connectivity index (χ4v) is 2.61. The smallest absolute Gasteiger partial charge is 0.358 e. The van der Waals surface area contributed by atoms with Gasteiger partial charge in [0.2, 0.25) is 5.28 Å². The molecule has 1 aromatic heterocycles. The van der Waals surface area contributed by atoms with Gasteiger partial charge in [-0.15, -0.1) is 0 Å². The lowest BCUT2D eigenvalue weighted by molar-refractivity contribution is 0.0475. The lowest BCUT2D eigenvalue weighted by atomic mass is 10.1. The monoisotopic (exact) mass is 285 g/mol. The summed E-state index contributed by atoms with van der Waals surface area (Å²) in [6.07, 6.45) is 0. The molecular formula is C11H12ClN3O4. The number of rotatable bonds is 1. The van der Waals surface area contributed by atoms with Crippen LogP contribution in [0.3, 0.4) is 0 Å². The molecule has 1 saturated heterocycles. The van der Waals surface area contributed by atoms with Crippen LogP contribution >= 0.6 is 11.6 Å². The first-order valence-electron chi connectivity index (χ1n) is 5.87. The summed E-state index contributed by atoms with van der Waals surface area (Å²) in [6, 6.07) is 0.0953. The Morgan fingerprint density at radius 2 is 2.21 bits per heavy atom. The number of anilines is 1. The molecule has 8 heteroatoms. The molecule has 0 amide bonds. The van der Waals surface area contributed by atoms with E-state index in [-0.39, 0.29) is 28.8 Å². The number of aromatic nitrogens is 2. The number of aromatic carboxylic acids is 1. The van der Waals surface area contributed by atoms with Crippen molar-refractivity contribution in [3.8, 4) is 5.75 Å². The van der Waals surface area contributed by atoms with Crippen LogP contribution in [0.4, 0.5) is 5.82 Å². The van der Waals surface area contributed by atoms with Gasteiger partial charge in [-0.1, -0.05) is 0 Å². The molecule has 3 heterocycles. The molecule has 1 fully saturated rings. The summed E-state index contributed by atoms with van der Waals surface area (Å²) in [5, 5.41) is 9.06. The van der Waals surface area contributed by atoms with Crippen molar-refractivity contribution in [2.45, 2.75) is 19.0 Å². The minimum atomic E-state index is -1.18. The van der Waals surface area contributed by atoms with Crippen LogP contribution in [-0.4, -0.2) is 52.9 Å². The SMILES string of the molecule is C[C@@H]1COC[C@H]2COc3c(C(=O)O)nc(Cl)nc3N21. The zero-order valence-electron chi connectivity index (χ0n) is 10.2. The Morgan fingerprint density at radius 3 is 2.95 bits per heavy atom. The van der Waals surface area contributed by atoms with Gasteiger partial charge in [0.1, 0.15) is 6.61 Å². The number of carbonyl (C=O) groups is 1. The second-order valence-electron chi connectivity index (χ2n) is 4.56. The molecule has 7 nitrogen and oxygen atoms in total. The summed E-state index contributed by atoms with van der Waals surface area (Å²) in [7, 11) is 0. The summed E-state index contributed by atoms with van der Waals surface area (Å²) >= 11 is 5.81. The predicted molar refractivity (Wildman–Crippen MR) is 66.0 cm³/mol. The highest BCUT2D eigenvalue weighted by Gasteiger charge is 2.38. The van der Waals surface area contributed by atoms with E-state index in [0.29, 0.717) is 25.6 Å². The summed E-state index contributed by atoms with van der Waals surface area (Å²) < 4.78 is 11.0. The molecule has 1 N–H and O–H groups in total. The highest BCUT2D eigenvalue weighted by atomic mass is 35.5. The maximum Gasteiger partial charge on any atom is 0.358 e. The van der Waals surface area contributed by atoms with Crippen molar-refractivity contribution >= 4 is 23.4 Å². The van der Waals surface area contributed by atoms with Gasteiger partial charge < -0.3 is 19.5 Å². The molecule has 0 saturated carbocycles. The van der Waals surface area contributed by atoms with Crippen LogP contribution < -0.4 is 9.64 Å². The highest BCUT2D eigenvalue weighted by Crippen LogP contribution is 2.37. The van der Waals surface area contributed by atoms with Gasteiger partial charge in [-0.05, 0) is 18.5 Å². The number of carboxylic acid groups (broad SMARTS) is 1. The molecule has 0 bridgehead atoms. The Labute approximate surface area is 114 Å². The van der Waals surface area contributed by atoms with E-state index in [1.807, 2.05) is 11.8 Å². The van der Waals surface area contributed by atoms with Crippen molar-refractivity contribution in [1.82, 2.24) is 9.97 Å². The molecule has 0 aliphatic carbocycles. The van der Waals surface area contributed by atoms with E-state index >= 15 is 0 Å². The summed E-state index contributed by atoms with van der Waals surface area (Å²) in [5.41, 5.74) is -0.202. The van der Waals surface area contributed by atoms with Gasteiger partial charge in [0.05, 0.1) is 25.3 Å². The number of halogens is 1. The van der Waals surface area contributed by atoms with E-state index in [1.165, 1.54) is 0 Å². The highest BCUT2D eigenvalue weighted by molar-refractivity contribution is 6.28. The topological polar surface area (TPSA) is 84.8 Å². The first-order chi connectivity index (χ1) is 9.08. The average Bonchev–Trinajstić information content (AvgIpc) is 2.37. The second kappa shape index (κ2) is 4.50. The molecule has 1 aromatic rings. The molecule has 0 unspecified atom stereocenters. The number of carboxylic acids is 1. The molecule has 3 rings (SSSR count). The predicted octanol–water partition coefficient (Wildman–Crippen LogP) is 0.814. The zero-order valence-corrected chi connectivity index (χ0v) is 10.9. The molecular weight excluding hydrogens is 274 g/mol. The number of hydrogen-bond donors (Lipinski definition) is 1. The Balaban J connectivity index is 2.13. The van der Waals surface area contributed by atoms with Crippen LogP contribution in [0.15, 0.2) is 0 Å². The van der Waals surface area contributed by atoms with Crippen LogP contribution in [-0.2, 0) is 4.74 Å². The first kappa shape index (κ1) is 12.4. The van der Waals surface area contributed by atoms with Crippen molar-refractivity contribution in [2.75, 3.05) is 24.7 Å². The maximum absolute atomic E-state index is 11.2. The van der Waals surface area contributed by atoms with Crippen LogP contribution in [0.1, 0.15) is 17.4 Å². The first-order valence-corrected chi connectivity index (χ1v) is 6.25. The molecule has 0 aromatic carbocycles. The molecule has 0 spiro atoms. The average molecular weight is 286 g/mol. The van der Waals surface area contributed by atoms with Gasteiger partial charge in [-0.25, -0.2) is 9.78 Å². The summed E-state index contributed by atoms with van der Waals surface area (Å²) in [6.45, 7) is 3.41. The molecule has 0 radical (unpaired) electrons. The standard InChI is InChI=1S/C11H12ClN3O4/c1-5-2-18-3-6-4-19-8-7(10(16)17)13-11(12)14-9(8)15(5)6/h5-6H,2-4H2,1H3,(H,16,17)/t5-,6+/m1/s1. The third kappa shape index (κ3) is 1.98. The van der Waals surface area contributed by atoms with Gasteiger partial charge in [-0.2, -0.15) is 4.98 Å². The van der Waals surface area contributed by atoms with Crippen LogP contribution in [0.2, 0.25) is 5.28 Å². The van der Waals surface area contributed by atoms with Crippen molar-refractivity contribution in [3.63, 3.8) is 0 Å². The number of nitrogens with zero attached hydrogens (tertiary/aromatic N) is 3. The third-order valence-corrected chi connectivity index (χ3v) is 3.39. The van der Waals surface area contributed by atoms with Gasteiger partial charge in [0.25, 0.3) is 0 Å². The second-order valence-corrected chi connectivity index (χ2v) is 4.90. The largest absolute Gasteiger partial charge is 0.485 e. The fraction of sp³-hybridized carbons (Fsp3) is 0.545. The van der Waals surface area contributed by atoms with E-state index in [0.717, 1.165) is 0 Å². The molecule has 2 aliphatic heterocycles. The van der Waals surface area contributed by atoms with Crippen LogP contribution in [0.25, 0.3) is 0 Å². The van der Waals surface area contributed by atoms with Gasteiger partial charge in [-0.3, -0.25) is 0 Å². The lowest BCUT2D eigenvalue weighted by Gasteiger charge is -2.44. The van der Waals surface area contributed by atoms with Crippen molar-refractivity contribution in [1.29, 1.82) is 0 Å². The van der Waals surface area contributed by atoms with E-state index in [9.17, 15) is 4.79 Å². The molecule has 102 valence electrons. The molecule has 2 atom stereocenters. The molecule has 19 heavy (non-hydrogen) atoms. The fourth-order valence-electron chi connectivity index (χ4n) is 2.45. The number of fused-ring (bicyclic) bond motifs is 3. The number of hydrogen-bond acceptors (Lipinski definition) is 6. The van der Waals surface area contributed by atoms with Crippen LogP contribution in [0, 0.1) is 0 Å². The number of morpholine rings is 1. The van der Waals surface area contributed by atoms with E-state index < -0.39 is 5.97 Å². The van der Waals surface area contributed by atoms with E-state index in [2.05, 4.69) is 9.97 Å². The van der Waals surface area contributed by atoms with Gasteiger partial charge >= 0.3 is 5.97 Å². The summed E-state index contributed by atoms with van der Waals surface area (Å²) in [4.78, 5) is 21.0. The van der Waals surface area contributed by atoms with Crippen LogP contribution in [0.5, 0.6) is 5.75 Å². The lowest BCUT2D eigenvalue weighted by Crippen LogP contribution is -2.56. The Hall–Kier alpha value is -1.60. The molecule has 2 aliphatic rings. The van der Waals surface area contributed by atoms with E-state index in [1.54, 1.807) is 0 Å². The van der Waals surface area contributed by atoms with Gasteiger partial charge in [0.15, 0.2) is 17.3 Å². The minimum absolute atomic E-state index is 0.0175. The Kier molecular flexibility index (Phi) is 2.94. The zero-order chi connectivity index (χ0) is 13.6. The Bertz CT molecular complexity index is 539. The van der Waals surface area contributed by atoms with Gasteiger partial charge in [0, 0.05) is 0 Å². The van der Waals surface area contributed by atoms with E-state index in [4.69, 9.17) is 26.2 Å². The van der Waals surface area contributed by atoms with Crippen molar-refractivity contribution < 1.29 is 19.4 Å². The Morgan fingerprint density at radius 1 is 1.42 bits per heavy atom.